The number of anilines is 1. The van der Waals surface area contributed by atoms with Crippen LogP contribution in [0.4, 0.5) is 5.69 Å². The average Bonchev–Trinajstić information content (AvgIpc) is 2.14. The van der Waals surface area contributed by atoms with Crippen LogP contribution in [-0.2, 0) is 0 Å². The first-order valence-electron chi connectivity index (χ1n) is 6.00. The molecule has 0 heterocycles. The molecule has 0 radical (unpaired) electrons. The number of nitrogen functional groups attached to an aromatic ring is 1. The largest absolute Gasteiger partial charge is 0.398 e. The Morgan fingerprint density at radius 3 is 2.41 bits per heavy atom. The van der Waals surface area contributed by atoms with Crippen LogP contribution in [0.15, 0.2) is 29.3 Å². The molecule has 0 fully saturated rings. The van der Waals surface area contributed by atoms with E-state index in [-0.39, 0.29) is 0 Å². The third-order valence-electron chi connectivity index (χ3n) is 2.32. The molecular formula is C15H22N2. The van der Waals surface area contributed by atoms with Crippen LogP contribution in [0.5, 0.6) is 0 Å². The highest BCUT2D eigenvalue weighted by Crippen LogP contribution is 2.25. The molecule has 0 aromatic heterocycles. The van der Waals surface area contributed by atoms with Crippen LogP contribution in [0.1, 0.15) is 38.8 Å². The molecule has 2 nitrogen and oxygen atoms in total. The summed E-state index contributed by atoms with van der Waals surface area (Å²) in [7, 11) is 0. The fraction of sp³-hybridized carbons (Fsp3) is 0.400. The van der Waals surface area contributed by atoms with Gasteiger partial charge in [-0.05, 0) is 38.3 Å². The first-order chi connectivity index (χ1) is 7.90. The maximum absolute atomic E-state index is 6.06. The number of hydrogen-bond donors (Lipinski definition) is 1. The molecule has 2 N–H and O–H groups in total. The van der Waals surface area contributed by atoms with Gasteiger partial charge in [0.15, 0.2) is 0 Å². The third kappa shape index (κ3) is 4.06. The quantitative estimate of drug-likeness (QED) is 0.617. The van der Waals surface area contributed by atoms with E-state index in [9.17, 15) is 0 Å². The highest BCUT2D eigenvalue weighted by molar-refractivity contribution is 5.88. The predicted molar refractivity (Wildman–Crippen MR) is 77.2 cm³/mol. The zero-order chi connectivity index (χ0) is 13.0. The number of rotatable bonds is 3. The SMILES string of the molecule is CC(C)=N/C(=C\C(C)C)c1ccc(C)cc1N. The summed E-state index contributed by atoms with van der Waals surface area (Å²) < 4.78 is 0. The maximum Gasteiger partial charge on any atom is 0.0684 e. The monoisotopic (exact) mass is 230 g/mol. The molecule has 0 aliphatic rings. The van der Waals surface area contributed by atoms with Gasteiger partial charge >= 0.3 is 0 Å². The van der Waals surface area contributed by atoms with E-state index >= 15 is 0 Å². The van der Waals surface area contributed by atoms with E-state index in [1.54, 1.807) is 0 Å². The summed E-state index contributed by atoms with van der Waals surface area (Å²) >= 11 is 0. The Morgan fingerprint density at radius 2 is 1.94 bits per heavy atom. The van der Waals surface area contributed by atoms with Crippen molar-refractivity contribution in [3.8, 4) is 0 Å². The molecule has 0 saturated heterocycles. The standard InChI is InChI=1S/C15H22N2/c1-10(2)8-15(17-11(3)4)13-7-6-12(5)9-14(13)16/h6-10H,16H2,1-5H3/b15-8-. The van der Waals surface area contributed by atoms with Gasteiger partial charge in [-0.15, -0.1) is 0 Å². The fourth-order valence-corrected chi connectivity index (χ4v) is 1.66. The van der Waals surface area contributed by atoms with Gasteiger partial charge < -0.3 is 5.73 Å². The van der Waals surface area contributed by atoms with Gasteiger partial charge in [0.25, 0.3) is 0 Å². The average molecular weight is 230 g/mol. The van der Waals surface area contributed by atoms with Gasteiger partial charge in [-0.25, -0.2) is 0 Å². The zero-order valence-electron chi connectivity index (χ0n) is 11.4. The maximum atomic E-state index is 6.06. The van der Waals surface area contributed by atoms with Crippen molar-refractivity contribution in [2.45, 2.75) is 34.6 Å². The summed E-state index contributed by atoms with van der Waals surface area (Å²) in [5, 5.41) is 0. The van der Waals surface area contributed by atoms with Gasteiger partial charge in [0, 0.05) is 17.0 Å². The minimum atomic E-state index is 0.453. The molecule has 1 rings (SSSR count). The van der Waals surface area contributed by atoms with Crippen molar-refractivity contribution in [1.82, 2.24) is 0 Å². The Balaban J connectivity index is 3.28. The van der Waals surface area contributed by atoms with Crippen molar-refractivity contribution >= 4 is 17.1 Å². The van der Waals surface area contributed by atoms with Crippen LogP contribution in [0.3, 0.4) is 0 Å². The van der Waals surface area contributed by atoms with Crippen molar-refractivity contribution in [3.05, 3.63) is 35.4 Å². The molecule has 0 aliphatic heterocycles. The van der Waals surface area contributed by atoms with E-state index in [0.29, 0.717) is 5.92 Å². The Hall–Kier alpha value is -1.57. The summed E-state index contributed by atoms with van der Waals surface area (Å²) in [6, 6.07) is 6.11. The first kappa shape index (κ1) is 13.5. The number of hydrogen-bond acceptors (Lipinski definition) is 2. The number of aryl methyl sites for hydroxylation is 1. The molecule has 0 saturated carbocycles. The van der Waals surface area contributed by atoms with Gasteiger partial charge in [0.05, 0.1) is 5.70 Å². The second-order valence-corrected chi connectivity index (χ2v) is 4.95. The molecule has 0 amide bonds. The Bertz CT molecular complexity index is 450. The number of allylic oxidation sites excluding steroid dienone is 1. The van der Waals surface area contributed by atoms with Gasteiger partial charge in [0.2, 0.25) is 0 Å². The minimum absolute atomic E-state index is 0.453. The smallest absolute Gasteiger partial charge is 0.0684 e. The van der Waals surface area contributed by atoms with E-state index in [4.69, 9.17) is 5.73 Å². The summed E-state index contributed by atoms with van der Waals surface area (Å²) in [5.41, 5.74) is 11.1. The van der Waals surface area contributed by atoms with Crippen LogP contribution in [0.2, 0.25) is 0 Å². The van der Waals surface area contributed by atoms with E-state index < -0.39 is 0 Å². The molecule has 2 heteroatoms. The lowest BCUT2D eigenvalue weighted by Crippen LogP contribution is -1.96. The second-order valence-electron chi connectivity index (χ2n) is 4.95. The van der Waals surface area contributed by atoms with E-state index in [1.165, 1.54) is 5.56 Å². The first-order valence-corrected chi connectivity index (χ1v) is 6.00. The van der Waals surface area contributed by atoms with E-state index in [2.05, 4.69) is 31.0 Å². The van der Waals surface area contributed by atoms with Crippen molar-refractivity contribution in [1.29, 1.82) is 0 Å². The van der Waals surface area contributed by atoms with Gasteiger partial charge in [-0.1, -0.05) is 32.1 Å². The van der Waals surface area contributed by atoms with Gasteiger partial charge in [0.1, 0.15) is 0 Å². The molecule has 1 aromatic rings. The summed E-state index contributed by atoms with van der Waals surface area (Å²) in [6.45, 7) is 10.3. The van der Waals surface area contributed by atoms with Crippen LogP contribution < -0.4 is 5.73 Å². The summed E-state index contributed by atoms with van der Waals surface area (Å²) in [4.78, 5) is 4.58. The molecule has 0 spiro atoms. The highest BCUT2D eigenvalue weighted by atomic mass is 14.8. The van der Waals surface area contributed by atoms with Crippen LogP contribution in [0.25, 0.3) is 5.70 Å². The fourth-order valence-electron chi connectivity index (χ4n) is 1.66. The molecule has 0 unspecified atom stereocenters. The summed E-state index contributed by atoms with van der Waals surface area (Å²) in [6.07, 6.45) is 2.15. The van der Waals surface area contributed by atoms with Crippen LogP contribution >= 0.6 is 0 Å². The summed E-state index contributed by atoms with van der Waals surface area (Å²) in [5.74, 6) is 0.453. The van der Waals surface area contributed by atoms with E-state index in [1.807, 2.05) is 32.9 Å². The number of nitrogens with two attached hydrogens (primary N) is 1. The topological polar surface area (TPSA) is 38.4 Å². The normalized spacial score (nSPS) is 11.8. The molecular weight excluding hydrogens is 208 g/mol. The molecule has 0 bridgehead atoms. The molecule has 0 atom stereocenters. The Kier molecular flexibility index (Phi) is 4.50. The Morgan fingerprint density at radius 1 is 1.29 bits per heavy atom. The number of aliphatic imine (C=N–C) groups is 1. The van der Waals surface area contributed by atoms with Gasteiger partial charge in [-0.2, -0.15) is 0 Å². The van der Waals surface area contributed by atoms with Crippen molar-refractivity contribution < 1.29 is 0 Å². The van der Waals surface area contributed by atoms with Crippen LogP contribution in [-0.4, -0.2) is 5.71 Å². The number of nitrogens with zero attached hydrogens (tertiary/aromatic N) is 1. The minimum Gasteiger partial charge on any atom is -0.398 e. The second kappa shape index (κ2) is 5.67. The molecule has 92 valence electrons. The van der Waals surface area contributed by atoms with Gasteiger partial charge in [-0.3, -0.25) is 4.99 Å². The molecule has 17 heavy (non-hydrogen) atoms. The van der Waals surface area contributed by atoms with Crippen LogP contribution in [0, 0.1) is 12.8 Å². The lowest BCUT2D eigenvalue weighted by Gasteiger charge is -2.09. The van der Waals surface area contributed by atoms with Crippen molar-refractivity contribution in [2.24, 2.45) is 10.9 Å². The van der Waals surface area contributed by atoms with E-state index in [0.717, 1.165) is 22.7 Å². The molecule has 0 aliphatic carbocycles. The van der Waals surface area contributed by atoms with Crippen molar-refractivity contribution in [3.63, 3.8) is 0 Å². The lowest BCUT2D eigenvalue weighted by atomic mass is 10.0. The molecule has 1 aromatic carbocycles. The Labute approximate surface area is 104 Å². The highest BCUT2D eigenvalue weighted by Gasteiger charge is 2.06. The lowest BCUT2D eigenvalue weighted by molar-refractivity contribution is 0.832. The third-order valence-corrected chi connectivity index (χ3v) is 2.32. The zero-order valence-corrected chi connectivity index (χ0v) is 11.4. The van der Waals surface area contributed by atoms with Crippen molar-refractivity contribution in [2.75, 3.05) is 5.73 Å². The predicted octanol–water partition coefficient (Wildman–Crippen LogP) is 4.05. The number of benzene rings is 1.